The summed E-state index contributed by atoms with van der Waals surface area (Å²) in [4.78, 5) is 19.1. The minimum atomic E-state index is -0.588. The molecule has 160 valence electrons. The number of carbonyl (C=O) groups is 1. The third-order valence-corrected chi connectivity index (χ3v) is 6.45. The molecule has 8 heteroatoms. The van der Waals surface area contributed by atoms with E-state index >= 15 is 0 Å². The monoisotopic (exact) mass is 445 g/mol. The normalized spacial score (nSPS) is 12.2. The van der Waals surface area contributed by atoms with Crippen LogP contribution >= 0.6 is 11.3 Å². The maximum absolute atomic E-state index is 13.9. The van der Waals surface area contributed by atoms with Crippen molar-refractivity contribution < 1.29 is 9.18 Å². The van der Waals surface area contributed by atoms with Crippen LogP contribution in [0.5, 0.6) is 0 Å². The Morgan fingerprint density at radius 3 is 2.66 bits per heavy atom. The lowest BCUT2D eigenvalue weighted by molar-refractivity contribution is 0.0945. The number of imidazole rings is 1. The molecule has 5 rings (SSSR count). The fourth-order valence-corrected chi connectivity index (χ4v) is 4.83. The Labute approximate surface area is 188 Å². The molecule has 1 N–H and O–H groups in total. The first-order valence-electron chi connectivity index (χ1n) is 10.1. The second kappa shape index (κ2) is 8.05. The molecule has 5 aromatic rings. The molecular formula is C24H20FN5OS. The van der Waals surface area contributed by atoms with Crippen molar-refractivity contribution in [1.29, 1.82) is 0 Å². The van der Waals surface area contributed by atoms with Crippen molar-refractivity contribution in [1.82, 2.24) is 24.6 Å². The van der Waals surface area contributed by atoms with E-state index in [4.69, 9.17) is 0 Å². The van der Waals surface area contributed by atoms with Crippen molar-refractivity contribution in [3.63, 3.8) is 0 Å². The van der Waals surface area contributed by atoms with Crippen molar-refractivity contribution in [2.24, 2.45) is 7.05 Å². The average Bonchev–Trinajstić information content (AvgIpc) is 3.49. The molecule has 0 aliphatic carbocycles. The molecule has 6 nitrogen and oxygen atoms in total. The second-order valence-corrected chi connectivity index (χ2v) is 8.55. The van der Waals surface area contributed by atoms with Gasteiger partial charge in [-0.2, -0.15) is 5.10 Å². The summed E-state index contributed by atoms with van der Waals surface area (Å²) in [5.74, 6) is 0.00979. The van der Waals surface area contributed by atoms with Crippen LogP contribution in [0.2, 0.25) is 0 Å². The van der Waals surface area contributed by atoms with E-state index in [0.29, 0.717) is 16.3 Å². The van der Waals surface area contributed by atoms with Gasteiger partial charge in [0.05, 0.1) is 16.3 Å². The molecule has 0 aliphatic heterocycles. The SMILES string of the molecule is Cc1nn(-c2ccccc2)c2sc(C(=O)NC(c3cccc(F)c3)c3nccn3C)cc12. The minimum absolute atomic E-state index is 0.248. The number of rotatable bonds is 5. The third-order valence-electron chi connectivity index (χ3n) is 5.34. The van der Waals surface area contributed by atoms with Crippen molar-refractivity contribution in [2.45, 2.75) is 13.0 Å². The summed E-state index contributed by atoms with van der Waals surface area (Å²) in [5.41, 5.74) is 2.41. The molecule has 0 bridgehead atoms. The highest BCUT2D eigenvalue weighted by Crippen LogP contribution is 2.31. The Morgan fingerprint density at radius 1 is 1.12 bits per heavy atom. The van der Waals surface area contributed by atoms with Crippen LogP contribution in [0.1, 0.15) is 32.8 Å². The summed E-state index contributed by atoms with van der Waals surface area (Å²) in [6.07, 6.45) is 3.45. The van der Waals surface area contributed by atoms with Gasteiger partial charge in [-0.3, -0.25) is 4.79 Å². The summed E-state index contributed by atoms with van der Waals surface area (Å²) in [6.45, 7) is 1.93. The number of fused-ring (bicyclic) bond motifs is 1. The molecule has 3 heterocycles. The summed E-state index contributed by atoms with van der Waals surface area (Å²) in [7, 11) is 1.85. The number of halogens is 1. The Morgan fingerprint density at radius 2 is 1.94 bits per heavy atom. The molecule has 0 aliphatic rings. The Kier molecular flexibility index (Phi) is 5.07. The van der Waals surface area contributed by atoms with E-state index in [1.54, 1.807) is 24.5 Å². The number of thiophene rings is 1. The van der Waals surface area contributed by atoms with Gasteiger partial charge in [0.1, 0.15) is 22.5 Å². The van der Waals surface area contributed by atoms with Crippen molar-refractivity contribution in [3.05, 3.63) is 101 Å². The van der Waals surface area contributed by atoms with Gasteiger partial charge in [0.15, 0.2) is 0 Å². The zero-order valence-electron chi connectivity index (χ0n) is 17.5. The predicted molar refractivity (Wildman–Crippen MR) is 123 cm³/mol. The van der Waals surface area contributed by atoms with Crippen LogP contribution in [0, 0.1) is 12.7 Å². The number of amides is 1. The van der Waals surface area contributed by atoms with Crippen LogP contribution in [-0.4, -0.2) is 25.2 Å². The van der Waals surface area contributed by atoms with Crippen molar-refractivity contribution in [2.75, 3.05) is 0 Å². The summed E-state index contributed by atoms with van der Waals surface area (Å²) >= 11 is 1.38. The molecule has 0 saturated carbocycles. The van der Waals surface area contributed by atoms with Gasteiger partial charge in [-0.25, -0.2) is 14.1 Å². The summed E-state index contributed by atoms with van der Waals surface area (Å²) < 4.78 is 17.6. The van der Waals surface area contributed by atoms with Gasteiger partial charge in [-0.15, -0.1) is 11.3 Å². The smallest absolute Gasteiger partial charge is 0.262 e. The van der Waals surface area contributed by atoms with E-state index < -0.39 is 6.04 Å². The molecule has 0 radical (unpaired) electrons. The number of aryl methyl sites for hydroxylation is 2. The summed E-state index contributed by atoms with van der Waals surface area (Å²) in [6, 6.07) is 17.3. The van der Waals surface area contributed by atoms with Gasteiger partial charge in [0.2, 0.25) is 0 Å². The highest BCUT2D eigenvalue weighted by atomic mass is 32.1. The molecule has 1 atom stereocenters. The highest BCUT2D eigenvalue weighted by molar-refractivity contribution is 7.20. The fraction of sp³-hybridized carbons (Fsp3) is 0.125. The quantitative estimate of drug-likeness (QED) is 0.423. The van der Waals surface area contributed by atoms with E-state index in [0.717, 1.165) is 21.6 Å². The topological polar surface area (TPSA) is 64.7 Å². The van der Waals surface area contributed by atoms with E-state index in [9.17, 15) is 9.18 Å². The third kappa shape index (κ3) is 3.58. The van der Waals surface area contributed by atoms with Crippen LogP contribution in [-0.2, 0) is 7.05 Å². The number of carbonyl (C=O) groups excluding carboxylic acids is 1. The maximum Gasteiger partial charge on any atom is 0.262 e. The molecule has 0 spiro atoms. The zero-order valence-corrected chi connectivity index (χ0v) is 18.3. The van der Waals surface area contributed by atoms with Crippen LogP contribution in [0.15, 0.2) is 73.1 Å². The molecule has 0 saturated heterocycles. The number of hydrogen-bond donors (Lipinski definition) is 1. The van der Waals surface area contributed by atoms with E-state index in [2.05, 4.69) is 15.4 Å². The lowest BCUT2D eigenvalue weighted by atomic mass is 10.1. The van der Waals surface area contributed by atoms with Gasteiger partial charge in [-0.1, -0.05) is 30.3 Å². The molecule has 32 heavy (non-hydrogen) atoms. The number of nitrogens with zero attached hydrogens (tertiary/aromatic N) is 4. The molecule has 3 aromatic heterocycles. The van der Waals surface area contributed by atoms with Gasteiger partial charge in [0.25, 0.3) is 5.91 Å². The van der Waals surface area contributed by atoms with Crippen molar-refractivity contribution in [3.8, 4) is 5.69 Å². The Balaban J connectivity index is 1.52. The molecule has 2 aromatic carbocycles. The van der Waals surface area contributed by atoms with Gasteiger partial charge < -0.3 is 9.88 Å². The number of hydrogen-bond acceptors (Lipinski definition) is 4. The lowest BCUT2D eigenvalue weighted by Gasteiger charge is -2.19. The number of para-hydroxylation sites is 1. The Bertz CT molecular complexity index is 1420. The molecular weight excluding hydrogens is 425 g/mol. The largest absolute Gasteiger partial charge is 0.337 e. The van der Waals surface area contributed by atoms with Crippen LogP contribution < -0.4 is 5.32 Å². The highest BCUT2D eigenvalue weighted by Gasteiger charge is 2.24. The molecule has 0 fully saturated rings. The standard InChI is InChI=1S/C24H20FN5OS/c1-15-19-14-20(32-24(19)30(28-15)18-9-4-3-5-10-18)23(31)27-21(22-26-11-12-29(22)2)16-7-6-8-17(25)13-16/h3-14,21H,1-2H3,(H,27,31). The van der Waals surface area contributed by atoms with E-state index in [-0.39, 0.29) is 11.7 Å². The first-order valence-corrected chi connectivity index (χ1v) is 10.9. The minimum Gasteiger partial charge on any atom is -0.337 e. The number of aromatic nitrogens is 4. The number of nitrogens with one attached hydrogen (secondary N) is 1. The lowest BCUT2D eigenvalue weighted by Crippen LogP contribution is -2.30. The molecule has 1 amide bonds. The fourth-order valence-electron chi connectivity index (χ4n) is 3.74. The van der Waals surface area contributed by atoms with E-state index in [1.165, 1.54) is 23.5 Å². The number of benzene rings is 2. The van der Waals surface area contributed by atoms with Crippen molar-refractivity contribution >= 4 is 27.5 Å². The van der Waals surface area contributed by atoms with Gasteiger partial charge in [-0.05, 0) is 42.8 Å². The maximum atomic E-state index is 13.9. The van der Waals surface area contributed by atoms with Gasteiger partial charge >= 0.3 is 0 Å². The average molecular weight is 446 g/mol. The molecule has 1 unspecified atom stereocenters. The van der Waals surface area contributed by atoms with Crippen LogP contribution in [0.4, 0.5) is 4.39 Å². The predicted octanol–water partition coefficient (Wildman–Crippen LogP) is 4.79. The van der Waals surface area contributed by atoms with Crippen LogP contribution in [0.3, 0.4) is 0 Å². The van der Waals surface area contributed by atoms with Gasteiger partial charge in [0, 0.05) is 24.8 Å². The first kappa shape index (κ1) is 20.1. The first-order chi connectivity index (χ1) is 15.5. The van der Waals surface area contributed by atoms with E-state index in [1.807, 2.05) is 59.6 Å². The summed E-state index contributed by atoms with van der Waals surface area (Å²) in [5, 5.41) is 8.61. The van der Waals surface area contributed by atoms with Crippen LogP contribution in [0.25, 0.3) is 15.9 Å². The second-order valence-electron chi connectivity index (χ2n) is 7.52. The Hall–Kier alpha value is -3.78. The zero-order chi connectivity index (χ0) is 22.2.